The summed E-state index contributed by atoms with van der Waals surface area (Å²) in [5.74, 6) is -0.140. The predicted molar refractivity (Wildman–Crippen MR) is 300 cm³/mol. The Morgan fingerprint density at radius 1 is 0.478 bits per heavy atom. The molecule has 0 bridgehead atoms. The SMILES string of the molecule is CCCCCCCCCCCCCC/C=C\CCCCCCCCCCCC(=O)NC(COP(=O)(O)OCC[N+](C)(C)C)C(O)CCCCCCCCCCCCCCCCCCCCCCCC. The summed E-state index contributed by atoms with van der Waals surface area (Å²) >= 11 is 0. The number of quaternary nitrogens is 1. The maximum atomic E-state index is 13.0. The van der Waals surface area contributed by atoms with E-state index in [0.29, 0.717) is 23.9 Å². The van der Waals surface area contributed by atoms with Crippen LogP contribution in [0, 0.1) is 0 Å². The van der Waals surface area contributed by atoms with Crippen LogP contribution in [-0.2, 0) is 18.4 Å². The van der Waals surface area contributed by atoms with Crippen LogP contribution in [0.15, 0.2) is 12.2 Å². The molecule has 0 spiro atoms. The van der Waals surface area contributed by atoms with Crippen LogP contribution in [0.2, 0.25) is 0 Å². The maximum absolute atomic E-state index is 13.0. The largest absolute Gasteiger partial charge is 0.472 e. The lowest BCUT2D eigenvalue weighted by Crippen LogP contribution is -2.46. The minimum absolute atomic E-state index is 0.0769. The van der Waals surface area contributed by atoms with Gasteiger partial charge in [-0.15, -0.1) is 0 Å². The van der Waals surface area contributed by atoms with Crippen LogP contribution in [0.5, 0.6) is 0 Å². The molecule has 0 aromatic heterocycles. The lowest BCUT2D eigenvalue weighted by Gasteiger charge is -2.26. The topological polar surface area (TPSA) is 105 Å². The van der Waals surface area contributed by atoms with Crippen molar-refractivity contribution in [2.45, 2.75) is 328 Å². The molecule has 0 saturated carbocycles. The van der Waals surface area contributed by atoms with E-state index in [1.807, 2.05) is 21.1 Å². The summed E-state index contributed by atoms with van der Waals surface area (Å²) in [6.45, 7) is 4.94. The van der Waals surface area contributed by atoms with Crippen molar-refractivity contribution in [1.82, 2.24) is 5.32 Å². The van der Waals surface area contributed by atoms with E-state index in [-0.39, 0.29) is 19.1 Å². The van der Waals surface area contributed by atoms with Gasteiger partial charge in [0.2, 0.25) is 5.91 Å². The summed E-state index contributed by atoms with van der Waals surface area (Å²) in [6.07, 6.45) is 64.2. The van der Waals surface area contributed by atoms with Crippen molar-refractivity contribution in [3.8, 4) is 0 Å². The summed E-state index contributed by atoms with van der Waals surface area (Å²) in [7, 11) is 1.63. The van der Waals surface area contributed by atoms with Gasteiger partial charge >= 0.3 is 7.82 Å². The van der Waals surface area contributed by atoms with Crippen LogP contribution in [0.4, 0.5) is 0 Å². The molecule has 0 aliphatic heterocycles. The Kier molecular flexibility index (Phi) is 51.5. The molecule has 3 unspecified atom stereocenters. The second kappa shape index (κ2) is 52.1. The van der Waals surface area contributed by atoms with E-state index in [4.69, 9.17) is 9.05 Å². The highest BCUT2D eigenvalue weighted by atomic mass is 31.2. The number of amides is 1. The Balaban J connectivity index is 4.11. The molecule has 9 heteroatoms. The molecule has 412 valence electrons. The number of nitrogens with one attached hydrogen (secondary N) is 1. The van der Waals surface area contributed by atoms with Gasteiger partial charge in [0.15, 0.2) is 0 Å². The number of aliphatic hydroxyl groups is 1. The van der Waals surface area contributed by atoms with E-state index in [0.717, 1.165) is 38.5 Å². The van der Waals surface area contributed by atoms with Gasteiger partial charge in [-0.25, -0.2) is 4.57 Å². The molecular formula is C60H122N2O6P+. The van der Waals surface area contributed by atoms with Gasteiger partial charge in [-0.1, -0.05) is 283 Å². The van der Waals surface area contributed by atoms with E-state index in [9.17, 15) is 19.4 Å². The molecular weight excluding hydrogens is 876 g/mol. The van der Waals surface area contributed by atoms with Crippen LogP contribution < -0.4 is 5.32 Å². The lowest BCUT2D eigenvalue weighted by atomic mass is 10.0. The predicted octanol–water partition coefficient (Wildman–Crippen LogP) is 18.6. The molecule has 0 aliphatic carbocycles. The number of nitrogens with zero attached hydrogens (tertiary/aromatic N) is 1. The molecule has 0 aromatic carbocycles. The Hall–Kier alpha value is -0.760. The average molecular weight is 999 g/mol. The molecule has 0 aliphatic rings. The molecule has 3 N–H and O–H groups in total. The molecule has 0 saturated heterocycles. The highest BCUT2D eigenvalue weighted by Gasteiger charge is 2.28. The number of rotatable bonds is 57. The highest BCUT2D eigenvalue weighted by molar-refractivity contribution is 7.47. The van der Waals surface area contributed by atoms with Crippen molar-refractivity contribution in [1.29, 1.82) is 0 Å². The number of likely N-dealkylation sites (N-methyl/N-ethyl adjacent to an activating group) is 1. The molecule has 8 nitrogen and oxygen atoms in total. The number of phosphoric ester groups is 1. The number of hydrogen-bond acceptors (Lipinski definition) is 5. The van der Waals surface area contributed by atoms with Gasteiger partial charge in [0.1, 0.15) is 13.2 Å². The molecule has 0 radical (unpaired) electrons. The first-order valence-corrected chi connectivity index (χ1v) is 32.0. The minimum atomic E-state index is -4.32. The van der Waals surface area contributed by atoms with E-state index >= 15 is 0 Å². The molecule has 1 amide bonds. The summed E-state index contributed by atoms with van der Waals surface area (Å²) in [4.78, 5) is 23.4. The number of hydrogen-bond donors (Lipinski definition) is 3. The normalized spacial score (nSPS) is 13.9. The van der Waals surface area contributed by atoms with Crippen molar-refractivity contribution in [2.24, 2.45) is 0 Å². The number of unbranched alkanes of at least 4 members (excludes halogenated alkanes) is 42. The van der Waals surface area contributed by atoms with E-state index in [2.05, 4.69) is 31.3 Å². The average Bonchev–Trinajstić information content (AvgIpc) is 3.31. The number of carbonyl (C=O) groups excluding carboxylic acids is 1. The lowest BCUT2D eigenvalue weighted by molar-refractivity contribution is -0.870. The van der Waals surface area contributed by atoms with Gasteiger partial charge in [0, 0.05) is 6.42 Å². The number of carbonyl (C=O) groups is 1. The summed E-state index contributed by atoms with van der Waals surface area (Å²) in [5, 5.41) is 14.1. The monoisotopic (exact) mass is 998 g/mol. The quantitative estimate of drug-likeness (QED) is 0.0243. The Bertz CT molecular complexity index is 1130. The van der Waals surface area contributed by atoms with Gasteiger partial charge in [-0.3, -0.25) is 13.8 Å². The van der Waals surface area contributed by atoms with Crippen molar-refractivity contribution in [3.63, 3.8) is 0 Å². The Morgan fingerprint density at radius 3 is 1.12 bits per heavy atom. The summed E-state index contributed by atoms with van der Waals surface area (Å²) in [6, 6.07) is -0.760. The van der Waals surface area contributed by atoms with Gasteiger partial charge in [0.25, 0.3) is 0 Å². The fourth-order valence-corrected chi connectivity index (χ4v) is 10.2. The third-order valence-corrected chi connectivity index (χ3v) is 15.2. The van der Waals surface area contributed by atoms with E-state index in [1.54, 1.807) is 0 Å². The van der Waals surface area contributed by atoms with Gasteiger partial charge in [0.05, 0.1) is 39.9 Å². The van der Waals surface area contributed by atoms with Gasteiger partial charge in [-0.05, 0) is 38.5 Å². The Morgan fingerprint density at radius 2 is 0.783 bits per heavy atom. The fraction of sp³-hybridized carbons (Fsp3) is 0.950. The van der Waals surface area contributed by atoms with Crippen LogP contribution in [0.1, 0.15) is 316 Å². The van der Waals surface area contributed by atoms with E-state index < -0.39 is 20.0 Å². The molecule has 3 atom stereocenters. The van der Waals surface area contributed by atoms with Crippen molar-refractivity contribution in [3.05, 3.63) is 12.2 Å². The van der Waals surface area contributed by atoms with Crippen LogP contribution in [0.3, 0.4) is 0 Å². The zero-order chi connectivity index (χ0) is 50.6. The molecule has 69 heavy (non-hydrogen) atoms. The Labute approximate surface area is 431 Å². The first-order chi connectivity index (χ1) is 33.5. The maximum Gasteiger partial charge on any atom is 0.472 e. The standard InChI is InChI=1S/C60H121N2O6P/c1-6-8-10-12-14-16-18-20-22-24-26-28-30-31-32-34-36-38-40-42-44-46-48-50-52-54-60(64)61-58(57-68-69(65,66)67-56-55-62(3,4)5)59(63)53-51-49-47-45-43-41-39-37-35-33-29-27-25-23-21-19-17-15-13-11-9-7-2/h31-32,58-59,63H,6-30,33-57H2,1-5H3,(H-,61,64,65,66)/p+1/b32-31-. The van der Waals surface area contributed by atoms with Crippen LogP contribution >= 0.6 is 7.82 Å². The van der Waals surface area contributed by atoms with Crippen LogP contribution in [-0.4, -0.2) is 73.4 Å². The molecule has 0 heterocycles. The second-order valence-electron chi connectivity index (χ2n) is 22.4. The minimum Gasteiger partial charge on any atom is -0.391 e. The van der Waals surface area contributed by atoms with Crippen molar-refractivity contribution in [2.75, 3.05) is 40.9 Å². The highest BCUT2D eigenvalue weighted by Crippen LogP contribution is 2.43. The molecule has 0 fully saturated rings. The van der Waals surface area contributed by atoms with Crippen LogP contribution in [0.25, 0.3) is 0 Å². The zero-order valence-corrected chi connectivity index (χ0v) is 48.0. The number of aliphatic hydroxyl groups excluding tert-OH is 1. The second-order valence-corrected chi connectivity index (χ2v) is 23.9. The molecule has 0 aromatic rings. The zero-order valence-electron chi connectivity index (χ0n) is 47.1. The molecule has 0 rings (SSSR count). The number of phosphoric acid groups is 1. The number of allylic oxidation sites excluding steroid dienone is 2. The fourth-order valence-electron chi connectivity index (χ4n) is 9.46. The summed E-state index contributed by atoms with van der Waals surface area (Å²) < 4.78 is 23.8. The van der Waals surface area contributed by atoms with Gasteiger partial charge < -0.3 is 19.8 Å². The smallest absolute Gasteiger partial charge is 0.391 e. The van der Waals surface area contributed by atoms with Crippen molar-refractivity contribution >= 4 is 13.7 Å². The first kappa shape index (κ1) is 68.2. The van der Waals surface area contributed by atoms with Crippen molar-refractivity contribution < 1.29 is 32.9 Å². The first-order valence-electron chi connectivity index (χ1n) is 30.6. The third-order valence-electron chi connectivity index (χ3n) is 14.3. The summed E-state index contributed by atoms with van der Waals surface area (Å²) in [5.41, 5.74) is 0. The third kappa shape index (κ3) is 54.8. The van der Waals surface area contributed by atoms with E-state index in [1.165, 1.54) is 250 Å². The van der Waals surface area contributed by atoms with Gasteiger partial charge in [-0.2, -0.15) is 0 Å².